The number of benzene rings is 1. The lowest BCUT2D eigenvalue weighted by molar-refractivity contribution is -0.122. The Morgan fingerprint density at radius 1 is 1.17 bits per heavy atom. The highest BCUT2D eigenvalue weighted by atomic mass is 16.4. The highest BCUT2D eigenvalue weighted by Gasteiger charge is 2.51. The third-order valence-corrected chi connectivity index (χ3v) is 5.18. The molecular formula is C18H17N3O2. The first-order chi connectivity index (χ1) is 11.3. The Bertz CT molecular complexity index is 809. The molecule has 3 atom stereocenters. The van der Waals surface area contributed by atoms with E-state index < -0.39 is 0 Å². The minimum absolute atomic E-state index is 0.0845. The zero-order valence-corrected chi connectivity index (χ0v) is 12.7. The fraction of sp³-hybridized carbons (Fsp3) is 0.389. The molecule has 0 spiro atoms. The van der Waals surface area contributed by atoms with E-state index in [1.807, 2.05) is 30.3 Å². The van der Waals surface area contributed by atoms with Gasteiger partial charge in [-0.05, 0) is 31.4 Å². The minimum Gasteiger partial charge on any atom is -0.441 e. The molecule has 1 N–H and O–H groups in total. The quantitative estimate of drug-likeness (QED) is 0.927. The predicted octanol–water partition coefficient (Wildman–Crippen LogP) is 2.57. The third-order valence-electron chi connectivity index (χ3n) is 5.18. The summed E-state index contributed by atoms with van der Waals surface area (Å²) in [6.45, 7) is 0. The number of aryl methyl sites for hydroxylation is 1. The number of carbonyl (C=O) groups is 1. The van der Waals surface area contributed by atoms with E-state index in [0.717, 1.165) is 48.4 Å². The van der Waals surface area contributed by atoms with Crippen LogP contribution >= 0.6 is 0 Å². The smallest absolute Gasteiger partial charge is 0.243 e. The van der Waals surface area contributed by atoms with Crippen molar-refractivity contribution in [2.45, 2.75) is 25.7 Å². The van der Waals surface area contributed by atoms with E-state index in [0.29, 0.717) is 17.7 Å². The summed E-state index contributed by atoms with van der Waals surface area (Å²) in [6, 6.07) is 10.0. The maximum atomic E-state index is 11.6. The Balaban J connectivity index is 1.41. The molecule has 0 bridgehead atoms. The van der Waals surface area contributed by atoms with Crippen molar-refractivity contribution in [1.82, 2.24) is 10.4 Å². The van der Waals surface area contributed by atoms with Gasteiger partial charge in [-0.1, -0.05) is 18.2 Å². The second-order valence-corrected chi connectivity index (χ2v) is 6.66. The van der Waals surface area contributed by atoms with E-state index in [1.54, 1.807) is 0 Å². The van der Waals surface area contributed by atoms with Crippen LogP contribution in [-0.4, -0.2) is 16.6 Å². The average Bonchev–Trinajstić information content (AvgIpc) is 3.28. The number of fused-ring (bicyclic) bond motifs is 2. The Morgan fingerprint density at radius 3 is 2.91 bits per heavy atom. The number of rotatable bonds is 2. The van der Waals surface area contributed by atoms with Crippen LogP contribution in [0.5, 0.6) is 0 Å². The van der Waals surface area contributed by atoms with Crippen LogP contribution < -0.4 is 5.43 Å². The summed E-state index contributed by atoms with van der Waals surface area (Å²) < 4.78 is 6.03. The molecule has 1 aliphatic heterocycles. The van der Waals surface area contributed by atoms with Crippen molar-refractivity contribution >= 4 is 11.6 Å². The van der Waals surface area contributed by atoms with Gasteiger partial charge < -0.3 is 4.42 Å². The second-order valence-electron chi connectivity index (χ2n) is 6.66. The number of nitrogens with one attached hydrogen (secondary N) is 1. The lowest BCUT2D eigenvalue weighted by atomic mass is 9.84. The van der Waals surface area contributed by atoms with Crippen molar-refractivity contribution < 1.29 is 9.21 Å². The van der Waals surface area contributed by atoms with Gasteiger partial charge in [0.2, 0.25) is 11.8 Å². The van der Waals surface area contributed by atoms with Gasteiger partial charge in [-0.2, -0.15) is 5.10 Å². The third kappa shape index (κ3) is 2.11. The average molecular weight is 307 g/mol. The van der Waals surface area contributed by atoms with Gasteiger partial charge in [0.1, 0.15) is 5.76 Å². The summed E-state index contributed by atoms with van der Waals surface area (Å²) in [5.41, 5.74) is 5.94. The molecule has 1 saturated carbocycles. The van der Waals surface area contributed by atoms with Crippen LogP contribution in [0.3, 0.4) is 0 Å². The van der Waals surface area contributed by atoms with E-state index in [-0.39, 0.29) is 11.8 Å². The Hall–Kier alpha value is -2.43. The van der Waals surface area contributed by atoms with Gasteiger partial charge in [0.25, 0.3) is 0 Å². The van der Waals surface area contributed by atoms with Crippen LogP contribution in [0.1, 0.15) is 24.3 Å². The lowest BCUT2D eigenvalue weighted by Gasteiger charge is -2.23. The zero-order valence-electron chi connectivity index (χ0n) is 12.7. The molecule has 2 aromatic rings. The van der Waals surface area contributed by atoms with E-state index in [2.05, 4.69) is 15.5 Å². The molecule has 5 heteroatoms. The standard InChI is InChI=1S/C18H17N3O2/c22-17-13-9-12(13)16(20-21-17)11-6-7-14-15(8-11)23-18(19-14)10-4-2-1-3-5-10/h1-5,11-13H,6-9H2,(H,21,22)/t11-,12?,13-/m1/s1. The fourth-order valence-corrected chi connectivity index (χ4v) is 3.82. The first kappa shape index (κ1) is 13.0. The highest BCUT2D eigenvalue weighted by molar-refractivity contribution is 6.01. The monoisotopic (exact) mass is 307 g/mol. The molecule has 1 aromatic carbocycles. The molecule has 1 unspecified atom stereocenters. The Kier molecular flexibility index (Phi) is 2.71. The lowest BCUT2D eigenvalue weighted by Crippen LogP contribution is -2.34. The number of nitrogens with zero attached hydrogens (tertiary/aromatic N) is 2. The fourth-order valence-electron chi connectivity index (χ4n) is 3.82. The molecule has 1 fully saturated rings. The van der Waals surface area contributed by atoms with Crippen LogP contribution in [0, 0.1) is 17.8 Å². The van der Waals surface area contributed by atoms with Crippen LogP contribution in [0.2, 0.25) is 0 Å². The molecule has 1 amide bonds. The molecule has 23 heavy (non-hydrogen) atoms. The normalized spacial score (nSPS) is 28.4. The summed E-state index contributed by atoms with van der Waals surface area (Å²) in [4.78, 5) is 16.2. The molecule has 3 aliphatic rings. The molecule has 116 valence electrons. The highest BCUT2D eigenvalue weighted by Crippen LogP contribution is 2.45. The molecular weight excluding hydrogens is 290 g/mol. The van der Waals surface area contributed by atoms with Gasteiger partial charge >= 0.3 is 0 Å². The summed E-state index contributed by atoms with van der Waals surface area (Å²) in [7, 11) is 0. The van der Waals surface area contributed by atoms with E-state index in [9.17, 15) is 4.79 Å². The Labute approximate surface area is 133 Å². The van der Waals surface area contributed by atoms with Crippen molar-refractivity contribution in [2.75, 3.05) is 0 Å². The molecule has 2 heterocycles. The summed E-state index contributed by atoms with van der Waals surface area (Å²) in [5.74, 6) is 2.68. The maximum Gasteiger partial charge on any atom is 0.243 e. The first-order valence-corrected chi connectivity index (χ1v) is 8.21. The first-order valence-electron chi connectivity index (χ1n) is 8.21. The summed E-state index contributed by atoms with van der Waals surface area (Å²) >= 11 is 0. The van der Waals surface area contributed by atoms with Gasteiger partial charge in [0.15, 0.2) is 0 Å². The molecule has 0 radical (unpaired) electrons. The van der Waals surface area contributed by atoms with Gasteiger partial charge in [0, 0.05) is 35.4 Å². The topological polar surface area (TPSA) is 67.5 Å². The SMILES string of the molecule is O=C1NN=C([C@@H]2CCc3nc(-c4ccccc4)oc3C2)C2C[C@@H]12. The van der Waals surface area contributed by atoms with Crippen molar-refractivity contribution in [3.05, 3.63) is 41.8 Å². The molecule has 5 nitrogen and oxygen atoms in total. The van der Waals surface area contributed by atoms with Crippen LogP contribution in [0.4, 0.5) is 0 Å². The van der Waals surface area contributed by atoms with Crippen LogP contribution in [0.15, 0.2) is 39.9 Å². The minimum atomic E-state index is 0.0845. The summed E-state index contributed by atoms with van der Waals surface area (Å²) in [6.07, 6.45) is 3.75. The molecule has 1 aromatic heterocycles. The number of hydrazone groups is 1. The number of oxazole rings is 1. The number of amides is 1. The van der Waals surface area contributed by atoms with Crippen molar-refractivity contribution in [3.8, 4) is 11.5 Å². The van der Waals surface area contributed by atoms with Gasteiger partial charge in [-0.25, -0.2) is 10.4 Å². The van der Waals surface area contributed by atoms with Crippen molar-refractivity contribution in [3.63, 3.8) is 0 Å². The van der Waals surface area contributed by atoms with Crippen molar-refractivity contribution in [1.29, 1.82) is 0 Å². The number of hydrogen-bond acceptors (Lipinski definition) is 4. The zero-order chi connectivity index (χ0) is 15.4. The number of hydrogen-bond donors (Lipinski definition) is 1. The second kappa shape index (κ2) is 4.78. The Morgan fingerprint density at radius 2 is 2.04 bits per heavy atom. The molecule has 5 rings (SSSR count). The molecule has 2 aliphatic carbocycles. The molecule has 0 saturated heterocycles. The van der Waals surface area contributed by atoms with Gasteiger partial charge in [-0.3, -0.25) is 4.79 Å². The number of carbonyl (C=O) groups excluding carboxylic acids is 1. The summed E-state index contributed by atoms with van der Waals surface area (Å²) in [5, 5.41) is 4.35. The van der Waals surface area contributed by atoms with Crippen LogP contribution in [-0.2, 0) is 17.6 Å². The predicted molar refractivity (Wildman–Crippen MR) is 84.6 cm³/mol. The largest absolute Gasteiger partial charge is 0.441 e. The van der Waals surface area contributed by atoms with E-state index in [4.69, 9.17) is 4.42 Å². The van der Waals surface area contributed by atoms with E-state index in [1.165, 1.54) is 0 Å². The maximum absolute atomic E-state index is 11.6. The van der Waals surface area contributed by atoms with E-state index >= 15 is 0 Å². The number of aromatic nitrogens is 1. The van der Waals surface area contributed by atoms with Crippen molar-refractivity contribution in [2.24, 2.45) is 22.9 Å². The van der Waals surface area contributed by atoms with Gasteiger partial charge in [-0.15, -0.1) is 0 Å². The van der Waals surface area contributed by atoms with Gasteiger partial charge in [0.05, 0.1) is 5.69 Å². The van der Waals surface area contributed by atoms with Crippen LogP contribution in [0.25, 0.3) is 11.5 Å².